The Morgan fingerprint density at radius 2 is 1.83 bits per heavy atom. The number of anilines is 1. The van der Waals surface area contributed by atoms with Crippen LogP contribution >= 0.6 is 0 Å². The first kappa shape index (κ1) is 12.5. The van der Waals surface area contributed by atoms with Crippen molar-refractivity contribution in [3.05, 3.63) is 54.1 Å². The third kappa shape index (κ3) is 2.84. The average Bonchev–Trinajstić information content (AvgIpc) is 2.29. The number of sulfonamides is 1. The first-order valence-electron chi connectivity index (χ1n) is 5.17. The van der Waals surface area contributed by atoms with Crippen molar-refractivity contribution in [2.75, 3.05) is 4.72 Å². The van der Waals surface area contributed by atoms with Gasteiger partial charge in [-0.2, -0.15) is 0 Å². The maximum absolute atomic E-state index is 12.7. The molecule has 0 bridgehead atoms. The second-order valence-corrected chi connectivity index (χ2v) is 5.49. The number of aromatic nitrogens is 1. The molecule has 94 valence electrons. The molecule has 0 atom stereocenters. The van der Waals surface area contributed by atoms with E-state index in [9.17, 15) is 12.8 Å². The molecule has 4 nitrogen and oxygen atoms in total. The van der Waals surface area contributed by atoms with E-state index < -0.39 is 15.8 Å². The molecule has 18 heavy (non-hydrogen) atoms. The zero-order valence-corrected chi connectivity index (χ0v) is 10.4. The Morgan fingerprint density at radius 3 is 2.44 bits per heavy atom. The molecular formula is C12H11FN2O2S. The van der Waals surface area contributed by atoms with E-state index in [-0.39, 0.29) is 4.90 Å². The van der Waals surface area contributed by atoms with Crippen molar-refractivity contribution in [2.24, 2.45) is 0 Å². The fourth-order valence-electron chi connectivity index (χ4n) is 1.44. The summed E-state index contributed by atoms with van der Waals surface area (Å²) in [4.78, 5) is 3.89. The molecule has 0 aliphatic heterocycles. The second kappa shape index (κ2) is 4.73. The zero-order valence-electron chi connectivity index (χ0n) is 9.59. The van der Waals surface area contributed by atoms with Crippen molar-refractivity contribution in [3.8, 4) is 0 Å². The molecular weight excluding hydrogens is 255 g/mol. The minimum atomic E-state index is -3.70. The summed E-state index contributed by atoms with van der Waals surface area (Å²) < 4.78 is 39.0. The van der Waals surface area contributed by atoms with Gasteiger partial charge in [0.2, 0.25) is 0 Å². The van der Waals surface area contributed by atoms with Crippen LogP contribution in [0.15, 0.2) is 47.6 Å². The van der Waals surface area contributed by atoms with Crippen molar-refractivity contribution in [1.82, 2.24) is 4.98 Å². The predicted molar refractivity (Wildman–Crippen MR) is 66.2 cm³/mol. The molecule has 0 unspecified atom stereocenters. The zero-order chi connectivity index (χ0) is 13.2. The van der Waals surface area contributed by atoms with Gasteiger partial charge in [0.25, 0.3) is 10.0 Å². The Kier molecular flexibility index (Phi) is 3.29. The van der Waals surface area contributed by atoms with Gasteiger partial charge in [-0.25, -0.2) is 12.8 Å². The van der Waals surface area contributed by atoms with Crippen LogP contribution in [0.3, 0.4) is 0 Å². The molecule has 0 saturated heterocycles. The number of pyridine rings is 1. The number of rotatable bonds is 3. The molecule has 1 heterocycles. The lowest BCUT2D eigenvalue weighted by atomic mass is 10.3. The number of benzene rings is 1. The summed E-state index contributed by atoms with van der Waals surface area (Å²) >= 11 is 0. The van der Waals surface area contributed by atoms with Crippen LogP contribution in [0.4, 0.5) is 10.1 Å². The number of aryl methyl sites for hydroxylation is 1. The Balaban J connectivity index is 2.30. The normalized spacial score (nSPS) is 11.2. The molecule has 0 spiro atoms. The highest BCUT2D eigenvalue weighted by Gasteiger charge is 2.14. The highest BCUT2D eigenvalue weighted by Crippen LogP contribution is 2.16. The van der Waals surface area contributed by atoms with Gasteiger partial charge in [0, 0.05) is 6.20 Å². The van der Waals surface area contributed by atoms with E-state index in [2.05, 4.69) is 9.71 Å². The second-order valence-electron chi connectivity index (χ2n) is 3.81. The van der Waals surface area contributed by atoms with Gasteiger partial charge in [0.05, 0.1) is 16.8 Å². The molecule has 6 heteroatoms. The largest absolute Gasteiger partial charge is 0.278 e. The monoisotopic (exact) mass is 266 g/mol. The lowest BCUT2D eigenvalue weighted by Gasteiger charge is -2.08. The van der Waals surface area contributed by atoms with E-state index in [0.717, 1.165) is 17.7 Å². The minimum Gasteiger partial charge on any atom is -0.278 e. The van der Waals surface area contributed by atoms with Crippen LogP contribution in [0.5, 0.6) is 0 Å². The average molecular weight is 266 g/mol. The van der Waals surface area contributed by atoms with Gasteiger partial charge in [-0.05, 0) is 42.8 Å². The van der Waals surface area contributed by atoms with E-state index >= 15 is 0 Å². The first-order valence-corrected chi connectivity index (χ1v) is 6.66. The molecule has 1 aromatic heterocycles. The lowest BCUT2D eigenvalue weighted by molar-refractivity contribution is 0.599. The molecule has 0 aliphatic carbocycles. The van der Waals surface area contributed by atoms with Crippen LogP contribution in [0.25, 0.3) is 0 Å². The first-order chi connectivity index (χ1) is 8.47. The molecule has 2 aromatic rings. The molecule has 0 amide bonds. The predicted octanol–water partition coefficient (Wildman–Crippen LogP) is 2.33. The van der Waals surface area contributed by atoms with Crippen LogP contribution in [0, 0.1) is 12.7 Å². The number of halogens is 1. The van der Waals surface area contributed by atoms with E-state index in [0.29, 0.717) is 5.69 Å². The SMILES string of the molecule is Cc1cncc(NS(=O)(=O)c2ccc(F)cc2)c1. The van der Waals surface area contributed by atoms with Crippen molar-refractivity contribution < 1.29 is 12.8 Å². The Hall–Kier alpha value is -1.95. The number of nitrogens with one attached hydrogen (secondary N) is 1. The van der Waals surface area contributed by atoms with Gasteiger partial charge >= 0.3 is 0 Å². The third-order valence-corrected chi connectivity index (χ3v) is 3.65. The van der Waals surface area contributed by atoms with Crippen LogP contribution < -0.4 is 4.72 Å². The van der Waals surface area contributed by atoms with Gasteiger partial charge in [-0.3, -0.25) is 9.71 Å². The molecule has 1 N–H and O–H groups in total. The summed E-state index contributed by atoms with van der Waals surface area (Å²) in [5.74, 6) is -0.480. The van der Waals surface area contributed by atoms with Crippen molar-refractivity contribution in [1.29, 1.82) is 0 Å². The van der Waals surface area contributed by atoms with E-state index in [4.69, 9.17) is 0 Å². The molecule has 0 saturated carbocycles. The lowest BCUT2D eigenvalue weighted by Crippen LogP contribution is -2.13. The van der Waals surface area contributed by atoms with Crippen molar-refractivity contribution >= 4 is 15.7 Å². The smallest absolute Gasteiger partial charge is 0.261 e. The number of nitrogens with zero attached hydrogens (tertiary/aromatic N) is 1. The highest BCUT2D eigenvalue weighted by atomic mass is 32.2. The van der Waals surface area contributed by atoms with E-state index in [1.165, 1.54) is 18.3 Å². The molecule has 0 fully saturated rings. The quantitative estimate of drug-likeness (QED) is 0.927. The Labute approximate surface area is 105 Å². The summed E-state index contributed by atoms with van der Waals surface area (Å²) in [5, 5.41) is 0. The molecule has 0 aliphatic rings. The fraction of sp³-hybridized carbons (Fsp3) is 0.0833. The summed E-state index contributed by atoms with van der Waals surface area (Å²) in [5.41, 5.74) is 1.22. The van der Waals surface area contributed by atoms with Crippen LogP contribution in [-0.2, 0) is 10.0 Å². The topological polar surface area (TPSA) is 59.1 Å². The molecule has 2 rings (SSSR count). The Morgan fingerprint density at radius 1 is 1.17 bits per heavy atom. The summed E-state index contributed by atoms with van der Waals surface area (Å²) in [6, 6.07) is 6.28. The maximum atomic E-state index is 12.7. The highest BCUT2D eigenvalue weighted by molar-refractivity contribution is 7.92. The van der Waals surface area contributed by atoms with Gasteiger partial charge in [0.15, 0.2) is 0 Å². The van der Waals surface area contributed by atoms with Crippen molar-refractivity contribution in [3.63, 3.8) is 0 Å². The summed E-state index contributed by atoms with van der Waals surface area (Å²) in [7, 11) is -3.70. The maximum Gasteiger partial charge on any atom is 0.261 e. The number of hydrogen-bond acceptors (Lipinski definition) is 3. The van der Waals surface area contributed by atoms with E-state index in [1.54, 1.807) is 12.3 Å². The van der Waals surface area contributed by atoms with Crippen LogP contribution in [0.2, 0.25) is 0 Å². The van der Waals surface area contributed by atoms with Gasteiger partial charge in [-0.1, -0.05) is 0 Å². The van der Waals surface area contributed by atoms with Crippen LogP contribution in [0.1, 0.15) is 5.56 Å². The van der Waals surface area contributed by atoms with Gasteiger partial charge in [0.1, 0.15) is 5.82 Å². The summed E-state index contributed by atoms with van der Waals surface area (Å²) in [6.07, 6.45) is 3.03. The van der Waals surface area contributed by atoms with Crippen LogP contribution in [-0.4, -0.2) is 13.4 Å². The fourth-order valence-corrected chi connectivity index (χ4v) is 2.47. The molecule has 1 aromatic carbocycles. The standard InChI is InChI=1S/C12H11FN2O2S/c1-9-6-11(8-14-7-9)15-18(16,17)12-4-2-10(13)3-5-12/h2-8,15H,1H3. The Bertz CT molecular complexity index is 654. The van der Waals surface area contributed by atoms with E-state index in [1.807, 2.05) is 6.92 Å². The molecule has 0 radical (unpaired) electrons. The van der Waals surface area contributed by atoms with Gasteiger partial charge in [-0.15, -0.1) is 0 Å². The van der Waals surface area contributed by atoms with Crippen molar-refractivity contribution in [2.45, 2.75) is 11.8 Å². The summed E-state index contributed by atoms with van der Waals surface area (Å²) in [6.45, 7) is 1.81. The third-order valence-electron chi connectivity index (χ3n) is 2.25. The van der Waals surface area contributed by atoms with Gasteiger partial charge < -0.3 is 0 Å². The minimum absolute atomic E-state index is 0.00501. The number of hydrogen-bond donors (Lipinski definition) is 1.